The zero-order valence-corrected chi connectivity index (χ0v) is 54.7. The van der Waals surface area contributed by atoms with Gasteiger partial charge in [-0.25, -0.2) is 4.70 Å². The van der Waals surface area contributed by atoms with Crippen LogP contribution in [0.5, 0.6) is 0 Å². The van der Waals surface area contributed by atoms with E-state index < -0.39 is 0 Å². The molecule has 0 spiro atoms. The predicted octanol–water partition coefficient (Wildman–Crippen LogP) is 26.4. The van der Waals surface area contributed by atoms with E-state index in [1.807, 2.05) is 0 Å². The van der Waals surface area contributed by atoms with Crippen molar-refractivity contribution in [1.29, 1.82) is 0 Å². The van der Waals surface area contributed by atoms with E-state index >= 15 is 0 Å². The molecule has 0 fully saturated rings. The molecular weight excluding hydrogens is 988 g/mol. The number of hydrogen-bond acceptors (Lipinski definition) is 0. The average molecular weight is 1120 g/mol. The Morgan fingerprint density at radius 2 is 0.474 bits per heavy atom. The number of unbranched alkanes of at least 4 members (excludes halogenated alkanes) is 35. The molecule has 1 aliphatic rings. The van der Waals surface area contributed by atoms with Crippen molar-refractivity contribution >= 4 is 11.4 Å². The summed E-state index contributed by atoms with van der Waals surface area (Å²) in [5.74, 6) is 0. The SMILES string of the molecule is CCCCCCCCCCc1cc(CCCCCCCCCC)cc(C2=C(CCCC)C(CCCCC)=C(c3cc(CCCCC)cc(CCCCC)c3)[N+]2=[N-])c1.[CH2-]CCCCCCCCC.[CH2-]CCCCCCCCC.[Ni+2]. The van der Waals surface area contributed by atoms with Crippen LogP contribution in [0.25, 0.3) is 16.9 Å². The van der Waals surface area contributed by atoms with Crippen LogP contribution in [0, 0.1) is 13.8 Å². The zero-order valence-electron chi connectivity index (χ0n) is 53.7. The Morgan fingerprint density at radius 3 is 0.744 bits per heavy atom. The first-order valence-electron chi connectivity index (χ1n) is 34.6. The maximum Gasteiger partial charge on any atom is 2.00 e. The molecule has 0 aliphatic carbocycles. The smallest absolute Gasteiger partial charge is 0.493 e. The summed E-state index contributed by atoms with van der Waals surface area (Å²) in [6, 6.07) is 14.9. The molecule has 1 aliphatic heterocycles. The first-order chi connectivity index (χ1) is 37.8. The Balaban J connectivity index is 0.00000237. The summed E-state index contributed by atoms with van der Waals surface area (Å²) in [6.07, 6.45) is 63.5. The van der Waals surface area contributed by atoms with Gasteiger partial charge in [0, 0.05) is 22.3 Å². The van der Waals surface area contributed by atoms with Crippen LogP contribution in [0.3, 0.4) is 0 Å². The van der Waals surface area contributed by atoms with Gasteiger partial charge in [0.15, 0.2) is 0 Å². The van der Waals surface area contributed by atoms with Gasteiger partial charge in [0.25, 0.3) is 0 Å². The van der Waals surface area contributed by atoms with E-state index in [1.165, 1.54) is 295 Å². The Labute approximate surface area is 500 Å². The van der Waals surface area contributed by atoms with Crippen molar-refractivity contribution in [2.24, 2.45) is 0 Å². The van der Waals surface area contributed by atoms with Crippen molar-refractivity contribution in [1.82, 2.24) is 0 Å². The molecule has 452 valence electrons. The fourth-order valence-corrected chi connectivity index (χ4v) is 11.4. The second-order valence-corrected chi connectivity index (χ2v) is 23.9. The van der Waals surface area contributed by atoms with E-state index in [0.717, 1.165) is 75.6 Å². The molecule has 1 heterocycles. The van der Waals surface area contributed by atoms with E-state index in [0.29, 0.717) is 0 Å². The van der Waals surface area contributed by atoms with Gasteiger partial charge in [0.1, 0.15) is 0 Å². The van der Waals surface area contributed by atoms with Crippen LogP contribution in [0.1, 0.15) is 378 Å². The third kappa shape index (κ3) is 37.2. The summed E-state index contributed by atoms with van der Waals surface area (Å²) in [5, 5.41) is 0. The molecule has 2 aromatic carbocycles. The van der Waals surface area contributed by atoms with Crippen molar-refractivity contribution in [3.8, 4) is 0 Å². The number of hydrogen-bond donors (Lipinski definition) is 0. The Morgan fingerprint density at radius 1 is 0.269 bits per heavy atom. The quantitative estimate of drug-likeness (QED) is 0.0273. The molecule has 0 atom stereocenters. The number of rotatable bonds is 49. The largest absolute Gasteiger partial charge is 2.00 e. The Kier molecular flexibility index (Phi) is 54.1. The standard InChI is InChI=1S/C55H90N2.2C10H21.Ni/c1-7-13-19-21-23-25-27-32-36-48-41-49(37-33-28-26-24-22-20-14-8-2)45-50(44-48)54-52(38-18-12-6)53(39-31-17-11-5)55(57(54)56)51-42-46(34-29-15-9-3)40-47(43-51)35-30-16-10-4;2*1-3-5-7-9-10-8-6-4-2;/h40-45H,7-39H2,1-6H3;2*1,3-10H2,2H3;/q;2*-1;+2. The normalized spacial score (nSPS) is 12.3. The number of nitrogens with zero attached hydrogens (tertiary/aromatic N) is 2. The number of allylic oxidation sites excluding steroid dienone is 2. The monoisotopic (exact) mass is 1120 g/mol. The minimum Gasteiger partial charge on any atom is -0.493 e. The maximum atomic E-state index is 12.7. The second-order valence-electron chi connectivity index (χ2n) is 23.9. The first-order valence-corrected chi connectivity index (χ1v) is 34.6. The minimum absolute atomic E-state index is 0. The number of aryl methyl sites for hydroxylation is 4. The third-order valence-corrected chi connectivity index (χ3v) is 16.3. The van der Waals surface area contributed by atoms with Gasteiger partial charge in [-0.15, -0.1) is 0 Å². The third-order valence-electron chi connectivity index (χ3n) is 16.3. The molecule has 2 nitrogen and oxygen atoms in total. The summed E-state index contributed by atoms with van der Waals surface area (Å²) in [6.45, 7) is 26.0. The predicted molar refractivity (Wildman–Crippen MR) is 349 cm³/mol. The molecule has 0 saturated carbocycles. The summed E-state index contributed by atoms with van der Waals surface area (Å²) in [7, 11) is 0. The summed E-state index contributed by atoms with van der Waals surface area (Å²) in [4.78, 5) is 0. The molecule has 0 unspecified atom stereocenters. The Hall–Kier alpha value is -1.99. The van der Waals surface area contributed by atoms with Crippen molar-refractivity contribution in [2.75, 3.05) is 0 Å². The van der Waals surface area contributed by atoms with E-state index in [-0.39, 0.29) is 16.5 Å². The molecule has 0 saturated heterocycles. The molecule has 0 aromatic heterocycles. The Bertz CT molecular complexity index is 1630. The van der Waals surface area contributed by atoms with Gasteiger partial charge in [-0.1, -0.05) is 292 Å². The fourth-order valence-electron chi connectivity index (χ4n) is 11.4. The summed E-state index contributed by atoms with van der Waals surface area (Å²) < 4.78 is 1.70. The van der Waals surface area contributed by atoms with Gasteiger partial charge in [-0.05, 0) is 124 Å². The van der Waals surface area contributed by atoms with Crippen molar-refractivity contribution < 1.29 is 21.2 Å². The average Bonchev–Trinajstić information content (AvgIpc) is 3.85. The van der Waals surface area contributed by atoms with Crippen LogP contribution in [0.2, 0.25) is 0 Å². The van der Waals surface area contributed by atoms with E-state index in [1.54, 1.807) is 4.70 Å². The van der Waals surface area contributed by atoms with Crippen LogP contribution < -0.4 is 0 Å². The molecular formula is C75H132N2Ni. The van der Waals surface area contributed by atoms with E-state index in [9.17, 15) is 5.53 Å². The van der Waals surface area contributed by atoms with Crippen LogP contribution in [-0.4, -0.2) is 4.70 Å². The molecule has 3 heteroatoms. The van der Waals surface area contributed by atoms with Gasteiger partial charge in [0.05, 0.1) is 0 Å². The molecule has 3 rings (SSSR count). The minimum atomic E-state index is 0. The maximum absolute atomic E-state index is 12.7. The van der Waals surface area contributed by atoms with Gasteiger partial charge in [-0.2, -0.15) is 12.8 Å². The van der Waals surface area contributed by atoms with Gasteiger partial charge in [0.2, 0.25) is 11.4 Å². The fraction of sp³-hybridized carbons (Fsp3) is 0.760. The first kappa shape index (κ1) is 76.0. The topological polar surface area (TPSA) is 25.3 Å². The molecule has 0 bridgehead atoms. The summed E-state index contributed by atoms with van der Waals surface area (Å²) in [5.41, 5.74) is 26.1. The molecule has 0 N–H and O–H groups in total. The van der Waals surface area contributed by atoms with Gasteiger partial charge >= 0.3 is 16.5 Å². The second kappa shape index (κ2) is 55.5. The zero-order chi connectivity index (χ0) is 56.2. The van der Waals surface area contributed by atoms with Gasteiger partial charge < -0.3 is 19.4 Å². The van der Waals surface area contributed by atoms with Crippen LogP contribution in [-0.2, 0) is 42.2 Å². The van der Waals surface area contributed by atoms with E-state index in [4.69, 9.17) is 0 Å². The van der Waals surface area contributed by atoms with Gasteiger partial charge in [-0.3, -0.25) is 0 Å². The van der Waals surface area contributed by atoms with Crippen molar-refractivity contribution in [3.63, 3.8) is 0 Å². The molecule has 78 heavy (non-hydrogen) atoms. The van der Waals surface area contributed by atoms with Crippen molar-refractivity contribution in [3.05, 3.63) is 100 Å². The van der Waals surface area contributed by atoms with E-state index in [2.05, 4.69) is 106 Å². The van der Waals surface area contributed by atoms with Crippen LogP contribution in [0.4, 0.5) is 0 Å². The van der Waals surface area contributed by atoms with Crippen LogP contribution >= 0.6 is 0 Å². The van der Waals surface area contributed by atoms with Crippen LogP contribution in [0.15, 0.2) is 47.5 Å². The summed E-state index contributed by atoms with van der Waals surface area (Å²) >= 11 is 0. The molecule has 2 aromatic rings. The number of benzene rings is 2. The molecule has 0 amide bonds. The molecule has 0 radical (unpaired) electrons. The van der Waals surface area contributed by atoms with Crippen molar-refractivity contribution in [2.45, 2.75) is 370 Å².